The van der Waals surface area contributed by atoms with Gasteiger partial charge >= 0.3 is 0 Å². The third-order valence-corrected chi connectivity index (χ3v) is 4.29. The van der Waals surface area contributed by atoms with E-state index in [4.69, 9.17) is 0 Å². The highest BCUT2D eigenvalue weighted by Gasteiger charge is 2.23. The van der Waals surface area contributed by atoms with Crippen molar-refractivity contribution < 1.29 is 5.11 Å². The van der Waals surface area contributed by atoms with Crippen molar-refractivity contribution in [3.63, 3.8) is 0 Å². The first-order valence-corrected chi connectivity index (χ1v) is 8.12. The Morgan fingerprint density at radius 3 is 2.04 bits per heavy atom. The van der Waals surface area contributed by atoms with E-state index in [0.29, 0.717) is 0 Å². The Bertz CT molecular complexity index is 1270. The van der Waals surface area contributed by atoms with Gasteiger partial charge in [0, 0.05) is 32.8 Å². The zero-order valence-corrected chi connectivity index (χ0v) is 13.3. The lowest BCUT2D eigenvalue weighted by molar-refractivity contribution is 0.172. The summed E-state index contributed by atoms with van der Waals surface area (Å²) in [5.41, 5.74) is 1.42. The molecule has 0 saturated heterocycles. The van der Waals surface area contributed by atoms with Crippen LogP contribution in [0.1, 0.15) is 11.4 Å². The number of hydrogen-bond donors (Lipinski definition) is 4. The van der Waals surface area contributed by atoms with Crippen molar-refractivity contribution in [3.8, 4) is 0 Å². The largest absolute Gasteiger partial charge is 0.363 e. The van der Waals surface area contributed by atoms with E-state index in [1.165, 1.54) is 0 Å². The van der Waals surface area contributed by atoms with Crippen LogP contribution in [0.2, 0.25) is 0 Å². The van der Waals surface area contributed by atoms with Crippen molar-refractivity contribution in [3.05, 3.63) is 81.3 Å². The Kier molecular flexibility index (Phi) is 2.87. The molecule has 0 aliphatic carbocycles. The molecule has 0 radical (unpaired) electrons. The van der Waals surface area contributed by atoms with E-state index in [2.05, 4.69) is 26.0 Å². The Labute approximate surface area is 142 Å². The molecule has 0 saturated carbocycles. The minimum atomic E-state index is -1.33. The Morgan fingerprint density at radius 2 is 1.32 bits per heavy atom. The Morgan fingerprint density at radius 1 is 0.720 bits per heavy atom. The predicted octanol–water partition coefficient (Wildman–Crippen LogP) is -0.397. The summed E-state index contributed by atoms with van der Waals surface area (Å²) in [6, 6.07) is 12.0. The molecule has 0 amide bonds. The van der Waals surface area contributed by atoms with Crippen LogP contribution in [0.25, 0.3) is 24.3 Å². The number of aliphatic hydroxyl groups is 1. The highest BCUT2D eigenvalue weighted by Crippen LogP contribution is 2.18. The standard InChI is InChI=1S/C20H16N4O/c25-20-8-7-18(24-20)11-17-4-3-14(22-17)9-13-1-2-15(21-13)10-16-5-6-19(12-20)23-16/h1-12,21-23,25H/b14-9-,16-10-,17-11?,19-12?. The number of rotatable bonds is 0. The fraction of sp³-hybridized carbons (Fsp3) is 0.0500. The maximum absolute atomic E-state index is 10.7. The van der Waals surface area contributed by atoms with Gasteiger partial charge in [-0.3, -0.25) is 0 Å². The molecule has 5 rings (SSSR count). The monoisotopic (exact) mass is 328 g/mol. The highest BCUT2D eigenvalue weighted by molar-refractivity contribution is 6.18. The summed E-state index contributed by atoms with van der Waals surface area (Å²) in [5, 5.41) is 14.4. The molecule has 0 spiro atoms. The van der Waals surface area contributed by atoms with Crippen LogP contribution in [0, 0.1) is 0 Å². The molecule has 25 heavy (non-hydrogen) atoms. The SMILES string of the molecule is OC12C=CC(=N1)C=c1cc/c([nH]1)=C/c1ccc([nH]1)/C=c1/ccc([nH]1)=C2. The molecule has 3 aromatic heterocycles. The molecule has 2 aliphatic heterocycles. The molecular weight excluding hydrogens is 312 g/mol. The van der Waals surface area contributed by atoms with Gasteiger partial charge in [-0.15, -0.1) is 0 Å². The van der Waals surface area contributed by atoms with Gasteiger partial charge in [-0.2, -0.15) is 0 Å². The Hall–Kier alpha value is -3.31. The first-order chi connectivity index (χ1) is 12.1. The smallest absolute Gasteiger partial charge is 0.198 e. The van der Waals surface area contributed by atoms with Gasteiger partial charge in [0.15, 0.2) is 5.72 Å². The number of allylic oxidation sites excluding steroid dienone is 1. The number of nitrogens with one attached hydrogen (secondary N) is 3. The highest BCUT2D eigenvalue weighted by atomic mass is 16.3. The van der Waals surface area contributed by atoms with E-state index in [9.17, 15) is 5.11 Å². The molecule has 0 aromatic carbocycles. The normalized spacial score (nSPS) is 23.6. The molecule has 1 atom stereocenters. The van der Waals surface area contributed by atoms with E-state index < -0.39 is 5.72 Å². The van der Waals surface area contributed by atoms with E-state index in [1.54, 1.807) is 12.2 Å². The van der Waals surface area contributed by atoms with Crippen molar-refractivity contribution >= 4 is 30.0 Å². The summed E-state index contributed by atoms with van der Waals surface area (Å²) in [7, 11) is 0. The Balaban J connectivity index is 1.78. The second-order valence-corrected chi connectivity index (χ2v) is 6.34. The van der Waals surface area contributed by atoms with Gasteiger partial charge in [0.25, 0.3) is 0 Å². The van der Waals surface area contributed by atoms with E-state index in [0.717, 1.165) is 38.5 Å². The molecule has 0 fully saturated rings. The zero-order chi connectivity index (χ0) is 16.9. The molecule has 1 unspecified atom stereocenters. The van der Waals surface area contributed by atoms with E-state index >= 15 is 0 Å². The van der Waals surface area contributed by atoms with Gasteiger partial charge in [0.2, 0.25) is 0 Å². The molecule has 5 nitrogen and oxygen atoms in total. The number of H-pyrrole nitrogens is 3. The van der Waals surface area contributed by atoms with Crippen LogP contribution in [0.5, 0.6) is 0 Å². The van der Waals surface area contributed by atoms with Crippen molar-refractivity contribution in [2.24, 2.45) is 4.99 Å². The van der Waals surface area contributed by atoms with Crippen LogP contribution in [0.15, 0.2) is 53.5 Å². The molecule has 3 aromatic rings. The zero-order valence-electron chi connectivity index (χ0n) is 13.3. The first kappa shape index (κ1) is 14.1. The lowest BCUT2D eigenvalue weighted by Crippen LogP contribution is -2.23. The maximum atomic E-state index is 10.7. The third kappa shape index (κ3) is 2.70. The molecule has 5 heterocycles. The van der Waals surface area contributed by atoms with E-state index in [-0.39, 0.29) is 0 Å². The average Bonchev–Trinajstić information content (AvgIpc) is 3.32. The molecule has 4 N–H and O–H groups in total. The summed E-state index contributed by atoms with van der Waals surface area (Å²) in [4.78, 5) is 14.4. The van der Waals surface area contributed by atoms with Crippen molar-refractivity contribution in [1.82, 2.24) is 15.0 Å². The number of nitrogens with zero attached hydrogens (tertiary/aromatic N) is 1. The first-order valence-electron chi connectivity index (χ1n) is 8.12. The van der Waals surface area contributed by atoms with Crippen LogP contribution in [-0.4, -0.2) is 31.5 Å². The van der Waals surface area contributed by atoms with Crippen LogP contribution in [0.3, 0.4) is 0 Å². The minimum absolute atomic E-state index is 0.722. The van der Waals surface area contributed by atoms with Gasteiger partial charge in [0.1, 0.15) is 0 Å². The predicted molar refractivity (Wildman–Crippen MR) is 98.5 cm³/mol. The lowest BCUT2D eigenvalue weighted by atomic mass is 10.2. The number of aliphatic imine (C=N–C) groups is 1. The fourth-order valence-corrected chi connectivity index (χ4v) is 3.17. The average molecular weight is 328 g/mol. The van der Waals surface area contributed by atoms with Gasteiger partial charge < -0.3 is 20.1 Å². The second-order valence-electron chi connectivity index (χ2n) is 6.34. The third-order valence-electron chi connectivity index (χ3n) is 4.29. The van der Waals surface area contributed by atoms with Crippen molar-refractivity contribution in [1.29, 1.82) is 0 Å². The topological polar surface area (TPSA) is 80.0 Å². The molecule has 122 valence electrons. The van der Waals surface area contributed by atoms with Crippen molar-refractivity contribution in [2.45, 2.75) is 5.72 Å². The molecule has 2 aliphatic rings. The number of aromatic nitrogens is 3. The minimum Gasteiger partial charge on any atom is -0.363 e. The maximum Gasteiger partial charge on any atom is 0.198 e. The number of aromatic amines is 3. The molecule has 5 heteroatoms. The number of hydrogen-bond acceptors (Lipinski definition) is 2. The summed E-state index contributed by atoms with van der Waals surface area (Å²) in [6.07, 6.45) is 11.2. The van der Waals surface area contributed by atoms with Crippen LogP contribution in [-0.2, 0) is 0 Å². The molecular formula is C20H16N4O. The fourth-order valence-electron chi connectivity index (χ4n) is 3.17. The van der Waals surface area contributed by atoms with Crippen LogP contribution < -0.4 is 21.4 Å². The van der Waals surface area contributed by atoms with Gasteiger partial charge in [-0.05, 0) is 72.9 Å². The second kappa shape index (κ2) is 5.09. The summed E-state index contributed by atoms with van der Waals surface area (Å²) in [6.45, 7) is 0. The quantitative estimate of drug-likeness (QED) is 0.445. The lowest BCUT2D eigenvalue weighted by Gasteiger charge is -2.10. The number of fused-ring (bicyclic) bond motifs is 7. The van der Waals surface area contributed by atoms with Gasteiger partial charge in [0.05, 0.1) is 5.71 Å². The van der Waals surface area contributed by atoms with E-state index in [1.807, 2.05) is 54.6 Å². The van der Waals surface area contributed by atoms with Crippen LogP contribution in [0.4, 0.5) is 0 Å². The van der Waals surface area contributed by atoms with Gasteiger partial charge in [-0.25, -0.2) is 4.99 Å². The van der Waals surface area contributed by atoms with Gasteiger partial charge in [-0.1, -0.05) is 0 Å². The summed E-state index contributed by atoms with van der Waals surface area (Å²) < 4.78 is 0. The van der Waals surface area contributed by atoms with Crippen LogP contribution >= 0.6 is 0 Å². The molecule has 8 bridgehead atoms. The summed E-state index contributed by atoms with van der Waals surface area (Å²) in [5.74, 6) is 0. The summed E-state index contributed by atoms with van der Waals surface area (Å²) >= 11 is 0. The van der Waals surface area contributed by atoms with Crippen molar-refractivity contribution in [2.75, 3.05) is 0 Å².